The van der Waals surface area contributed by atoms with Crippen LogP contribution < -0.4 is 15.5 Å². The van der Waals surface area contributed by atoms with Crippen LogP contribution in [0.3, 0.4) is 0 Å². The Hall–Kier alpha value is -3.20. The highest BCUT2D eigenvalue weighted by atomic mass is 32.1. The first-order valence-corrected chi connectivity index (χ1v) is 8.89. The first kappa shape index (κ1) is 16.3. The van der Waals surface area contributed by atoms with Gasteiger partial charge < -0.3 is 15.2 Å². The van der Waals surface area contributed by atoms with E-state index >= 15 is 0 Å². The number of aromatic nitrogens is 2. The third kappa shape index (κ3) is 3.29. The minimum absolute atomic E-state index is 0.155. The highest BCUT2D eigenvalue weighted by Gasteiger charge is 2.21. The van der Waals surface area contributed by atoms with Gasteiger partial charge in [0.1, 0.15) is 0 Å². The minimum Gasteiger partial charge on any atom is -0.345 e. The van der Waals surface area contributed by atoms with Gasteiger partial charge in [0.15, 0.2) is 5.82 Å². The molecular weight excluding hydrogens is 354 g/mol. The smallest absolute Gasteiger partial charge is 0.321 e. The second kappa shape index (κ2) is 6.96. The van der Waals surface area contributed by atoms with Crippen LogP contribution in [0.25, 0.3) is 10.8 Å². The molecule has 0 radical (unpaired) electrons. The SMILES string of the molecule is O=C(NCc1noc(-c2cccs2)n1)c1cccc(N2CCNC2=O)c1. The summed E-state index contributed by atoms with van der Waals surface area (Å²) in [5, 5.41) is 11.3. The molecule has 3 amide bonds. The summed E-state index contributed by atoms with van der Waals surface area (Å²) in [6.07, 6.45) is 0. The number of nitrogens with one attached hydrogen (secondary N) is 2. The van der Waals surface area contributed by atoms with Crippen LogP contribution in [0.5, 0.6) is 0 Å². The average molecular weight is 369 g/mol. The van der Waals surface area contributed by atoms with E-state index in [-0.39, 0.29) is 18.5 Å². The Labute approximate surface area is 152 Å². The Balaban J connectivity index is 1.41. The molecule has 0 atom stereocenters. The summed E-state index contributed by atoms with van der Waals surface area (Å²) < 4.78 is 5.19. The first-order valence-electron chi connectivity index (χ1n) is 8.01. The number of hydrogen-bond acceptors (Lipinski definition) is 6. The highest BCUT2D eigenvalue weighted by molar-refractivity contribution is 7.13. The number of benzene rings is 1. The van der Waals surface area contributed by atoms with Gasteiger partial charge in [-0.15, -0.1) is 11.3 Å². The normalized spacial score (nSPS) is 13.7. The molecule has 26 heavy (non-hydrogen) atoms. The summed E-state index contributed by atoms with van der Waals surface area (Å²) in [6.45, 7) is 1.33. The molecule has 1 saturated heterocycles. The number of amides is 3. The molecule has 9 heteroatoms. The summed E-state index contributed by atoms with van der Waals surface area (Å²) in [4.78, 5) is 30.9. The molecule has 2 aromatic heterocycles. The van der Waals surface area contributed by atoms with Gasteiger partial charge in [-0.05, 0) is 29.6 Å². The van der Waals surface area contributed by atoms with E-state index in [2.05, 4.69) is 20.8 Å². The van der Waals surface area contributed by atoms with Crippen LogP contribution in [0, 0.1) is 0 Å². The van der Waals surface area contributed by atoms with Gasteiger partial charge in [-0.3, -0.25) is 9.69 Å². The van der Waals surface area contributed by atoms with Crippen LogP contribution in [-0.2, 0) is 6.54 Å². The second-order valence-corrected chi connectivity index (χ2v) is 6.56. The van der Waals surface area contributed by atoms with E-state index in [1.54, 1.807) is 29.2 Å². The number of hydrogen-bond donors (Lipinski definition) is 2. The zero-order chi connectivity index (χ0) is 17.9. The second-order valence-electron chi connectivity index (χ2n) is 5.61. The molecular formula is C17H15N5O3S. The van der Waals surface area contributed by atoms with Crippen molar-refractivity contribution < 1.29 is 14.1 Å². The van der Waals surface area contributed by atoms with E-state index in [0.717, 1.165) is 4.88 Å². The van der Waals surface area contributed by atoms with Gasteiger partial charge in [0.25, 0.3) is 11.8 Å². The van der Waals surface area contributed by atoms with Gasteiger partial charge in [-0.1, -0.05) is 17.3 Å². The molecule has 1 aliphatic rings. The van der Waals surface area contributed by atoms with Crippen LogP contribution >= 0.6 is 11.3 Å². The quantitative estimate of drug-likeness (QED) is 0.718. The van der Waals surface area contributed by atoms with Gasteiger partial charge in [0.2, 0.25) is 0 Å². The Morgan fingerprint density at radius 2 is 2.27 bits per heavy atom. The van der Waals surface area contributed by atoms with E-state index in [9.17, 15) is 9.59 Å². The zero-order valence-corrected chi connectivity index (χ0v) is 14.5. The minimum atomic E-state index is -0.270. The molecule has 0 saturated carbocycles. The molecule has 1 aliphatic heterocycles. The number of carbonyl (C=O) groups is 2. The predicted octanol–water partition coefficient (Wildman–Crippen LogP) is 2.26. The summed E-state index contributed by atoms with van der Waals surface area (Å²) in [7, 11) is 0. The monoisotopic (exact) mass is 369 g/mol. The fourth-order valence-corrected chi connectivity index (χ4v) is 3.27. The molecule has 8 nitrogen and oxygen atoms in total. The summed E-state index contributed by atoms with van der Waals surface area (Å²) in [5.41, 5.74) is 1.15. The zero-order valence-electron chi connectivity index (χ0n) is 13.6. The van der Waals surface area contributed by atoms with E-state index < -0.39 is 0 Å². The molecule has 3 heterocycles. The molecule has 4 rings (SSSR count). The molecule has 0 bridgehead atoms. The van der Waals surface area contributed by atoms with Crippen LogP contribution in [0.1, 0.15) is 16.2 Å². The Kier molecular flexibility index (Phi) is 4.36. The molecule has 132 valence electrons. The third-order valence-corrected chi connectivity index (χ3v) is 4.74. The fourth-order valence-electron chi connectivity index (χ4n) is 2.62. The molecule has 1 aromatic carbocycles. The maximum atomic E-state index is 12.4. The van der Waals surface area contributed by atoms with Gasteiger partial charge in [0, 0.05) is 24.3 Å². The van der Waals surface area contributed by atoms with Crippen molar-refractivity contribution in [3.05, 3.63) is 53.2 Å². The van der Waals surface area contributed by atoms with Gasteiger partial charge in [-0.2, -0.15) is 4.98 Å². The van der Waals surface area contributed by atoms with Crippen molar-refractivity contribution in [3.8, 4) is 10.8 Å². The largest absolute Gasteiger partial charge is 0.345 e. The first-order chi connectivity index (χ1) is 12.7. The Bertz CT molecular complexity index is 938. The molecule has 2 N–H and O–H groups in total. The average Bonchev–Trinajstić information content (AvgIpc) is 3.40. The van der Waals surface area contributed by atoms with Crippen molar-refractivity contribution in [1.29, 1.82) is 0 Å². The van der Waals surface area contributed by atoms with E-state index in [1.807, 2.05) is 17.5 Å². The van der Waals surface area contributed by atoms with Crippen LogP contribution in [0.4, 0.5) is 10.5 Å². The molecule has 1 fully saturated rings. The van der Waals surface area contributed by atoms with Gasteiger partial charge in [-0.25, -0.2) is 4.79 Å². The number of carbonyl (C=O) groups excluding carboxylic acids is 2. The maximum Gasteiger partial charge on any atom is 0.321 e. The summed E-state index contributed by atoms with van der Waals surface area (Å²) >= 11 is 1.50. The summed E-state index contributed by atoms with van der Waals surface area (Å²) in [5.74, 6) is 0.567. The lowest BCUT2D eigenvalue weighted by atomic mass is 10.1. The third-order valence-electron chi connectivity index (χ3n) is 3.88. The van der Waals surface area contributed by atoms with Crippen LogP contribution in [0.15, 0.2) is 46.3 Å². The van der Waals surface area contributed by atoms with Crippen molar-refractivity contribution in [2.75, 3.05) is 18.0 Å². The lowest BCUT2D eigenvalue weighted by molar-refractivity contribution is 0.0949. The van der Waals surface area contributed by atoms with Crippen molar-refractivity contribution >= 4 is 29.0 Å². The highest BCUT2D eigenvalue weighted by Crippen LogP contribution is 2.22. The van der Waals surface area contributed by atoms with E-state index in [1.165, 1.54) is 11.3 Å². The van der Waals surface area contributed by atoms with E-state index in [0.29, 0.717) is 36.1 Å². The summed E-state index contributed by atoms with van der Waals surface area (Å²) in [6, 6.07) is 10.6. The molecule has 3 aromatic rings. The Morgan fingerprint density at radius 1 is 1.35 bits per heavy atom. The molecule has 0 aliphatic carbocycles. The van der Waals surface area contributed by atoms with Gasteiger partial charge in [0.05, 0.1) is 11.4 Å². The van der Waals surface area contributed by atoms with Crippen LogP contribution in [-0.4, -0.2) is 35.2 Å². The lowest BCUT2D eigenvalue weighted by Crippen LogP contribution is -2.28. The predicted molar refractivity (Wildman–Crippen MR) is 96.0 cm³/mol. The van der Waals surface area contributed by atoms with Crippen molar-refractivity contribution in [1.82, 2.24) is 20.8 Å². The number of rotatable bonds is 5. The number of urea groups is 1. The van der Waals surface area contributed by atoms with Crippen molar-refractivity contribution in [2.45, 2.75) is 6.54 Å². The van der Waals surface area contributed by atoms with Crippen molar-refractivity contribution in [3.63, 3.8) is 0 Å². The van der Waals surface area contributed by atoms with Gasteiger partial charge >= 0.3 is 6.03 Å². The Morgan fingerprint density at radius 3 is 3.04 bits per heavy atom. The fraction of sp³-hybridized carbons (Fsp3) is 0.176. The van der Waals surface area contributed by atoms with Crippen molar-refractivity contribution in [2.24, 2.45) is 0 Å². The standard InChI is InChI=1S/C17H15N5O3S/c23-15(11-3-1-4-12(9-11)22-7-6-18-17(22)24)19-10-14-20-16(25-21-14)13-5-2-8-26-13/h1-5,8-9H,6-7,10H2,(H,18,24)(H,19,23). The topological polar surface area (TPSA) is 100 Å². The number of thiophene rings is 1. The van der Waals surface area contributed by atoms with Crippen LogP contribution in [0.2, 0.25) is 0 Å². The molecule has 0 unspecified atom stereocenters. The number of anilines is 1. The lowest BCUT2D eigenvalue weighted by Gasteiger charge is -2.15. The number of nitrogens with zero attached hydrogens (tertiary/aromatic N) is 3. The molecule has 0 spiro atoms. The van der Waals surface area contributed by atoms with E-state index in [4.69, 9.17) is 4.52 Å². The maximum absolute atomic E-state index is 12.4.